The molecular formula is C24H28O4. The number of aliphatic hydroxyl groups is 1. The van der Waals surface area contributed by atoms with Crippen LogP contribution in [0.25, 0.3) is 27.8 Å². The molecule has 1 N–H and O–H groups in total. The second-order valence-electron chi connectivity index (χ2n) is 7.40. The van der Waals surface area contributed by atoms with Crippen molar-refractivity contribution in [1.29, 1.82) is 0 Å². The first kappa shape index (κ1) is 19.2. The van der Waals surface area contributed by atoms with Gasteiger partial charge in [-0.3, -0.25) is 0 Å². The van der Waals surface area contributed by atoms with Crippen molar-refractivity contribution >= 4 is 27.8 Å². The summed E-state index contributed by atoms with van der Waals surface area (Å²) in [5, 5.41) is 14.8. The van der Waals surface area contributed by atoms with E-state index in [1.807, 2.05) is 24.3 Å². The van der Waals surface area contributed by atoms with Gasteiger partial charge in [-0.05, 0) is 60.1 Å². The summed E-state index contributed by atoms with van der Waals surface area (Å²) < 4.78 is 16.6. The van der Waals surface area contributed by atoms with Crippen molar-refractivity contribution in [3.8, 4) is 0 Å². The molecule has 5 rings (SSSR count). The highest BCUT2D eigenvalue weighted by molar-refractivity contribution is 6.10. The van der Waals surface area contributed by atoms with Crippen LogP contribution < -0.4 is 5.22 Å². The normalized spacial score (nSPS) is 23.5. The second kappa shape index (κ2) is 9.37. The van der Waals surface area contributed by atoms with Crippen LogP contribution in [0.5, 0.6) is 0 Å². The van der Waals surface area contributed by atoms with Gasteiger partial charge in [0.1, 0.15) is 0 Å². The Morgan fingerprint density at radius 3 is 1.96 bits per heavy atom. The lowest BCUT2D eigenvalue weighted by Gasteiger charge is -2.29. The van der Waals surface area contributed by atoms with Gasteiger partial charge in [0.2, 0.25) is 0 Å². The van der Waals surface area contributed by atoms with Gasteiger partial charge in [0, 0.05) is 18.4 Å². The van der Waals surface area contributed by atoms with Gasteiger partial charge in [0.05, 0.1) is 6.26 Å². The van der Waals surface area contributed by atoms with E-state index in [1.54, 1.807) is 0 Å². The fraction of sp³-hybridized carbons (Fsp3) is 0.417. The lowest BCUT2D eigenvalue weighted by atomic mass is 10.00. The van der Waals surface area contributed by atoms with E-state index < -0.39 is 0 Å². The van der Waals surface area contributed by atoms with E-state index in [0.29, 0.717) is 0 Å². The molecule has 0 radical (unpaired) electrons. The zero-order valence-corrected chi connectivity index (χ0v) is 16.2. The minimum atomic E-state index is -0.00292. The molecule has 2 aliphatic rings. The van der Waals surface area contributed by atoms with Crippen LogP contribution in [0.4, 0.5) is 0 Å². The third-order valence-corrected chi connectivity index (χ3v) is 5.41. The van der Waals surface area contributed by atoms with Crippen molar-refractivity contribution in [2.24, 2.45) is 0 Å². The minimum Gasteiger partial charge on any atom is -0.515 e. The molecule has 0 amide bonds. The van der Waals surface area contributed by atoms with Crippen molar-refractivity contribution in [3.05, 3.63) is 53.7 Å². The van der Waals surface area contributed by atoms with Crippen LogP contribution in [-0.4, -0.2) is 30.9 Å². The van der Waals surface area contributed by atoms with Crippen LogP contribution in [0.15, 0.2) is 48.5 Å². The zero-order valence-electron chi connectivity index (χ0n) is 16.2. The number of hydrogen-bond acceptors (Lipinski definition) is 4. The molecule has 0 aliphatic carbocycles. The molecule has 28 heavy (non-hydrogen) atoms. The summed E-state index contributed by atoms with van der Waals surface area (Å²) in [4.78, 5) is 0. The Kier molecular flexibility index (Phi) is 6.42. The van der Waals surface area contributed by atoms with E-state index >= 15 is 0 Å². The van der Waals surface area contributed by atoms with Crippen LogP contribution >= 0.6 is 0 Å². The maximum atomic E-state index is 9.15. The Bertz CT molecular complexity index is 901. The topological polar surface area (TPSA) is 47.9 Å². The standard InChI is InChI=1S/C14H10O.C10H18O3/c15-9-12-8-7-11-4-1-3-10-5-2-6-13(12)14(10)11;1-3-7-11-9(5-1)13-10-6-2-4-8-12-10/h1-9,15H;9-10H,1-8H2. The summed E-state index contributed by atoms with van der Waals surface area (Å²) in [5.41, 5.74) is 0. The van der Waals surface area contributed by atoms with E-state index in [0.717, 1.165) is 36.7 Å². The van der Waals surface area contributed by atoms with Gasteiger partial charge in [-0.25, -0.2) is 0 Å². The van der Waals surface area contributed by atoms with E-state index in [-0.39, 0.29) is 12.6 Å². The highest BCUT2D eigenvalue weighted by Gasteiger charge is 2.21. The molecule has 2 aliphatic heterocycles. The van der Waals surface area contributed by atoms with Crippen molar-refractivity contribution < 1.29 is 19.3 Å². The first-order valence-corrected chi connectivity index (χ1v) is 10.3. The number of benzene rings is 3. The third kappa shape index (κ3) is 4.46. The Morgan fingerprint density at radius 2 is 1.39 bits per heavy atom. The summed E-state index contributed by atoms with van der Waals surface area (Å²) in [6, 6.07) is 16.4. The fourth-order valence-electron chi connectivity index (χ4n) is 3.94. The quantitative estimate of drug-likeness (QED) is 0.675. The predicted octanol–water partition coefficient (Wildman–Crippen LogP) is 5.06. The van der Waals surface area contributed by atoms with E-state index in [1.165, 1.54) is 48.1 Å². The molecule has 4 heteroatoms. The number of hydrogen-bond donors (Lipinski definition) is 1. The lowest BCUT2D eigenvalue weighted by molar-refractivity contribution is -0.264. The Hall–Kier alpha value is -2.14. The van der Waals surface area contributed by atoms with Gasteiger partial charge in [0.15, 0.2) is 12.6 Å². The minimum absolute atomic E-state index is 0.00292. The molecule has 3 aromatic carbocycles. The molecule has 0 saturated carbocycles. The molecule has 2 fully saturated rings. The van der Waals surface area contributed by atoms with E-state index in [9.17, 15) is 0 Å². The van der Waals surface area contributed by atoms with Crippen molar-refractivity contribution in [2.75, 3.05) is 13.2 Å². The molecule has 2 unspecified atom stereocenters. The summed E-state index contributed by atoms with van der Waals surface area (Å²) >= 11 is 0. The van der Waals surface area contributed by atoms with Gasteiger partial charge < -0.3 is 19.3 Å². The SMILES string of the molecule is C1CCC(OC2CCCCO2)OC1.OC=c1ccc2cccc3cccc1c32. The lowest BCUT2D eigenvalue weighted by Crippen LogP contribution is -2.31. The first-order chi connectivity index (χ1) is 13.8. The molecule has 148 valence electrons. The maximum Gasteiger partial charge on any atom is 0.160 e. The number of ether oxygens (including phenoxy) is 3. The van der Waals surface area contributed by atoms with Gasteiger partial charge in [-0.2, -0.15) is 0 Å². The Morgan fingerprint density at radius 1 is 0.786 bits per heavy atom. The molecule has 2 atom stereocenters. The monoisotopic (exact) mass is 380 g/mol. The maximum absolute atomic E-state index is 9.15. The summed E-state index contributed by atoms with van der Waals surface area (Å²) in [6.45, 7) is 1.69. The average molecular weight is 380 g/mol. The smallest absolute Gasteiger partial charge is 0.160 e. The second-order valence-corrected chi connectivity index (χ2v) is 7.40. The van der Waals surface area contributed by atoms with E-state index in [2.05, 4.69) is 24.3 Å². The summed E-state index contributed by atoms with van der Waals surface area (Å²) in [7, 11) is 0. The van der Waals surface area contributed by atoms with Gasteiger partial charge in [-0.15, -0.1) is 0 Å². The van der Waals surface area contributed by atoms with Crippen molar-refractivity contribution in [2.45, 2.75) is 51.1 Å². The van der Waals surface area contributed by atoms with Crippen molar-refractivity contribution in [3.63, 3.8) is 0 Å². The molecule has 0 spiro atoms. The largest absolute Gasteiger partial charge is 0.515 e. The molecule has 2 saturated heterocycles. The molecule has 0 bridgehead atoms. The van der Waals surface area contributed by atoms with Gasteiger partial charge in [-0.1, -0.05) is 48.5 Å². The van der Waals surface area contributed by atoms with Crippen LogP contribution in [-0.2, 0) is 14.2 Å². The van der Waals surface area contributed by atoms with E-state index in [4.69, 9.17) is 19.3 Å². The van der Waals surface area contributed by atoms with Crippen LogP contribution in [0.3, 0.4) is 0 Å². The van der Waals surface area contributed by atoms with Crippen molar-refractivity contribution in [1.82, 2.24) is 0 Å². The predicted molar refractivity (Wildman–Crippen MR) is 112 cm³/mol. The third-order valence-electron chi connectivity index (χ3n) is 5.41. The molecule has 3 aromatic rings. The fourth-order valence-corrected chi connectivity index (χ4v) is 3.94. The summed E-state index contributed by atoms with van der Waals surface area (Å²) in [6.07, 6.45) is 8.00. The average Bonchev–Trinajstić information content (AvgIpc) is 2.76. The number of rotatable bonds is 2. The molecule has 2 heterocycles. The highest BCUT2D eigenvalue weighted by Crippen LogP contribution is 2.24. The van der Waals surface area contributed by atoms with Crippen LogP contribution in [0, 0.1) is 0 Å². The Balaban J connectivity index is 0.000000139. The van der Waals surface area contributed by atoms with Gasteiger partial charge >= 0.3 is 0 Å². The van der Waals surface area contributed by atoms with Crippen LogP contribution in [0.1, 0.15) is 38.5 Å². The number of aliphatic hydroxyl groups excluding tert-OH is 1. The first-order valence-electron chi connectivity index (χ1n) is 10.3. The summed E-state index contributed by atoms with van der Waals surface area (Å²) in [5.74, 6) is 0. The molecular weight excluding hydrogens is 352 g/mol. The Labute approximate surface area is 165 Å². The molecule has 0 aromatic heterocycles. The highest BCUT2D eigenvalue weighted by atomic mass is 16.8. The van der Waals surface area contributed by atoms with Crippen LogP contribution in [0.2, 0.25) is 0 Å². The molecule has 4 nitrogen and oxygen atoms in total. The van der Waals surface area contributed by atoms with Gasteiger partial charge in [0.25, 0.3) is 0 Å². The zero-order chi connectivity index (χ0) is 19.2.